The number of halogens is 2. The second kappa shape index (κ2) is 9.48. The number of hydrogen-bond donors (Lipinski definition) is 1. The molecule has 0 aliphatic heterocycles. The van der Waals surface area contributed by atoms with Crippen molar-refractivity contribution in [1.29, 1.82) is 0 Å². The fraction of sp³-hybridized carbons (Fsp3) is 0.263. The van der Waals surface area contributed by atoms with Gasteiger partial charge in [-0.25, -0.2) is 4.79 Å². The Balaban J connectivity index is 2.09. The van der Waals surface area contributed by atoms with Crippen LogP contribution < -0.4 is 14.8 Å². The highest BCUT2D eigenvalue weighted by atomic mass is 35.5. The minimum absolute atomic E-state index is 0.141. The van der Waals surface area contributed by atoms with Gasteiger partial charge < -0.3 is 19.5 Å². The van der Waals surface area contributed by atoms with Crippen LogP contribution in [0.5, 0.6) is 11.5 Å². The molecule has 0 unspecified atom stereocenters. The first-order valence-corrected chi connectivity index (χ1v) is 8.89. The fourth-order valence-electron chi connectivity index (χ4n) is 2.21. The average Bonchev–Trinajstić information content (AvgIpc) is 2.63. The molecule has 27 heavy (non-hydrogen) atoms. The largest absolute Gasteiger partial charge is 0.493 e. The van der Waals surface area contributed by atoms with Gasteiger partial charge in [0.05, 0.1) is 24.3 Å². The monoisotopic (exact) mass is 411 g/mol. The summed E-state index contributed by atoms with van der Waals surface area (Å²) in [7, 11) is 1.43. The first-order valence-electron chi connectivity index (χ1n) is 8.13. The molecule has 1 atom stereocenters. The molecular weight excluding hydrogens is 393 g/mol. The average molecular weight is 412 g/mol. The summed E-state index contributed by atoms with van der Waals surface area (Å²) in [6.45, 7) is 3.66. The normalized spacial score (nSPS) is 11.4. The summed E-state index contributed by atoms with van der Waals surface area (Å²) in [4.78, 5) is 24.6. The lowest BCUT2D eigenvalue weighted by molar-refractivity contribution is -0.123. The van der Waals surface area contributed by atoms with E-state index >= 15 is 0 Å². The molecule has 144 valence electrons. The molecule has 0 saturated heterocycles. The zero-order chi connectivity index (χ0) is 20.0. The Bertz CT molecular complexity index is 841. The maximum absolute atomic E-state index is 12.4. The van der Waals surface area contributed by atoms with E-state index < -0.39 is 18.0 Å². The molecule has 0 saturated carbocycles. The predicted octanol–water partition coefficient (Wildman–Crippen LogP) is 4.58. The Kier molecular flexibility index (Phi) is 7.33. The van der Waals surface area contributed by atoms with Crippen LogP contribution in [-0.2, 0) is 9.53 Å². The molecule has 0 radical (unpaired) electrons. The van der Waals surface area contributed by atoms with Crippen LogP contribution in [0.1, 0.15) is 24.2 Å². The van der Waals surface area contributed by atoms with Crippen molar-refractivity contribution in [3.8, 4) is 11.5 Å². The summed E-state index contributed by atoms with van der Waals surface area (Å²) in [6.07, 6.45) is -1.03. The molecule has 0 aliphatic rings. The number of benzene rings is 2. The highest BCUT2D eigenvalue weighted by molar-refractivity contribution is 6.32. The Hall–Kier alpha value is -2.44. The van der Waals surface area contributed by atoms with Gasteiger partial charge in [0, 0.05) is 10.7 Å². The Labute approximate surface area is 167 Å². The predicted molar refractivity (Wildman–Crippen MR) is 104 cm³/mol. The second-order valence-corrected chi connectivity index (χ2v) is 6.31. The third-order valence-electron chi connectivity index (χ3n) is 3.50. The second-order valence-electron chi connectivity index (χ2n) is 5.47. The van der Waals surface area contributed by atoms with Crippen molar-refractivity contribution in [2.75, 3.05) is 19.0 Å². The van der Waals surface area contributed by atoms with Crippen molar-refractivity contribution in [2.24, 2.45) is 0 Å². The lowest BCUT2D eigenvalue weighted by atomic mass is 10.2. The summed E-state index contributed by atoms with van der Waals surface area (Å²) in [5, 5.41) is 3.32. The number of methoxy groups -OCH3 is 1. The van der Waals surface area contributed by atoms with Gasteiger partial charge in [-0.2, -0.15) is 0 Å². The standard InChI is InChI=1S/C19H19Cl2NO5/c1-4-26-17-15(21)8-12(9-16(17)25-3)19(24)27-11(2)18(23)22-14-7-5-6-13(20)10-14/h5-11H,4H2,1-3H3,(H,22,23)/t11-/m0/s1. The molecule has 0 aliphatic carbocycles. The van der Waals surface area contributed by atoms with Crippen LogP contribution in [0.3, 0.4) is 0 Å². The summed E-state index contributed by atoms with van der Waals surface area (Å²) < 4.78 is 15.8. The van der Waals surface area contributed by atoms with E-state index in [0.29, 0.717) is 28.8 Å². The van der Waals surface area contributed by atoms with Crippen molar-refractivity contribution >= 4 is 40.8 Å². The smallest absolute Gasteiger partial charge is 0.339 e. The molecule has 2 aromatic rings. The van der Waals surface area contributed by atoms with E-state index in [1.54, 1.807) is 31.2 Å². The molecule has 0 heterocycles. The van der Waals surface area contributed by atoms with E-state index in [-0.39, 0.29) is 10.6 Å². The van der Waals surface area contributed by atoms with Crippen LogP contribution in [0.25, 0.3) is 0 Å². The fourth-order valence-corrected chi connectivity index (χ4v) is 2.67. The van der Waals surface area contributed by atoms with Crippen LogP contribution >= 0.6 is 23.2 Å². The number of ether oxygens (including phenoxy) is 3. The number of carbonyl (C=O) groups is 2. The van der Waals surface area contributed by atoms with Gasteiger partial charge in [-0.15, -0.1) is 0 Å². The van der Waals surface area contributed by atoms with Gasteiger partial charge in [-0.05, 0) is 44.2 Å². The van der Waals surface area contributed by atoms with Gasteiger partial charge in [0.2, 0.25) is 0 Å². The number of carbonyl (C=O) groups excluding carboxylic acids is 2. The van der Waals surface area contributed by atoms with Crippen LogP contribution in [0.15, 0.2) is 36.4 Å². The van der Waals surface area contributed by atoms with E-state index in [1.165, 1.54) is 26.2 Å². The Morgan fingerprint density at radius 2 is 1.93 bits per heavy atom. The first kappa shape index (κ1) is 20.9. The number of esters is 1. The van der Waals surface area contributed by atoms with E-state index in [9.17, 15) is 9.59 Å². The number of amides is 1. The molecule has 2 aromatic carbocycles. The Morgan fingerprint density at radius 3 is 2.56 bits per heavy atom. The van der Waals surface area contributed by atoms with Crippen LogP contribution in [-0.4, -0.2) is 31.7 Å². The first-order chi connectivity index (χ1) is 12.8. The number of anilines is 1. The molecule has 1 amide bonds. The summed E-state index contributed by atoms with van der Waals surface area (Å²) in [5.41, 5.74) is 0.642. The van der Waals surface area contributed by atoms with E-state index in [1.807, 2.05) is 0 Å². The van der Waals surface area contributed by atoms with Crippen molar-refractivity contribution in [3.63, 3.8) is 0 Å². The molecule has 2 rings (SSSR count). The van der Waals surface area contributed by atoms with Crippen LogP contribution in [0.2, 0.25) is 10.0 Å². The topological polar surface area (TPSA) is 73.9 Å². The van der Waals surface area contributed by atoms with Crippen molar-refractivity contribution in [1.82, 2.24) is 0 Å². The highest BCUT2D eigenvalue weighted by Crippen LogP contribution is 2.36. The van der Waals surface area contributed by atoms with Gasteiger partial charge >= 0.3 is 5.97 Å². The molecule has 1 N–H and O–H groups in total. The Morgan fingerprint density at radius 1 is 1.19 bits per heavy atom. The van der Waals surface area contributed by atoms with Crippen LogP contribution in [0.4, 0.5) is 5.69 Å². The molecule has 8 heteroatoms. The van der Waals surface area contributed by atoms with Gasteiger partial charge in [0.25, 0.3) is 5.91 Å². The van der Waals surface area contributed by atoms with Crippen molar-refractivity contribution < 1.29 is 23.8 Å². The third-order valence-corrected chi connectivity index (χ3v) is 4.01. The maximum atomic E-state index is 12.4. The van der Waals surface area contributed by atoms with E-state index in [4.69, 9.17) is 37.4 Å². The van der Waals surface area contributed by atoms with Crippen LogP contribution in [0, 0.1) is 0 Å². The third kappa shape index (κ3) is 5.52. The lowest BCUT2D eigenvalue weighted by Gasteiger charge is -2.15. The molecule has 6 nitrogen and oxygen atoms in total. The minimum atomic E-state index is -1.03. The minimum Gasteiger partial charge on any atom is -0.493 e. The molecule has 0 fully saturated rings. The summed E-state index contributed by atoms with van der Waals surface area (Å²) >= 11 is 12.0. The zero-order valence-corrected chi connectivity index (χ0v) is 16.6. The maximum Gasteiger partial charge on any atom is 0.339 e. The number of hydrogen-bond acceptors (Lipinski definition) is 5. The zero-order valence-electron chi connectivity index (χ0n) is 15.0. The summed E-state index contributed by atoms with van der Waals surface area (Å²) in [5.74, 6) is -0.570. The molecule has 0 bridgehead atoms. The number of nitrogens with one attached hydrogen (secondary N) is 1. The highest BCUT2D eigenvalue weighted by Gasteiger charge is 2.22. The molecule has 0 aromatic heterocycles. The van der Waals surface area contributed by atoms with Gasteiger partial charge in [0.15, 0.2) is 17.6 Å². The quantitative estimate of drug-likeness (QED) is 0.674. The lowest BCUT2D eigenvalue weighted by Crippen LogP contribution is -2.30. The van der Waals surface area contributed by atoms with Crippen molar-refractivity contribution in [2.45, 2.75) is 20.0 Å². The molecular formula is C19H19Cl2NO5. The summed E-state index contributed by atoms with van der Waals surface area (Å²) in [6, 6.07) is 9.49. The van der Waals surface area contributed by atoms with Gasteiger partial charge in [-0.3, -0.25) is 4.79 Å². The molecule has 0 spiro atoms. The van der Waals surface area contributed by atoms with E-state index in [2.05, 4.69) is 5.32 Å². The number of rotatable bonds is 7. The van der Waals surface area contributed by atoms with Crippen molar-refractivity contribution in [3.05, 3.63) is 52.0 Å². The van der Waals surface area contributed by atoms with Gasteiger partial charge in [-0.1, -0.05) is 29.3 Å². The van der Waals surface area contributed by atoms with Gasteiger partial charge in [0.1, 0.15) is 0 Å². The SMILES string of the molecule is CCOc1c(Cl)cc(C(=O)O[C@@H](C)C(=O)Nc2cccc(Cl)c2)cc1OC. The van der Waals surface area contributed by atoms with E-state index in [0.717, 1.165) is 0 Å².